The van der Waals surface area contributed by atoms with Gasteiger partial charge in [0.25, 0.3) is 0 Å². The topological polar surface area (TPSA) is 61.5 Å². The van der Waals surface area contributed by atoms with E-state index in [2.05, 4.69) is 0 Å². The van der Waals surface area contributed by atoms with Crippen LogP contribution in [0.25, 0.3) is 0 Å². The first-order valence-corrected chi connectivity index (χ1v) is 4.69. The molecule has 1 aliphatic rings. The standard InChI is InChI=1S/C9H17NO3/c1-12-6-8(10)9(11)13-7-4-2-3-5-7/h7-8H,2-6,10H2,1H3/t8-/m0/s1. The summed E-state index contributed by atoms with van der Waals surface area (Å²) < 4.78 is 9.95. The number of hydrogen-bond donors (Lipinski definition) is 1. The molecule has 1 atom stereocenters. The average Bonchev–Trinajstić information content (AvgIpc) is 2.57. The summed E-state index contributed by atoms with van der Waals surface area (Å²) in [7, 11) is 1.52. The maximum Gasteiger partial charge on any atom is 0.325 e. The Labute approximate surface area is 78.4 Å². The highest BCUT2D eigenvalue weighted by atomic mass is 16.5. The minimum atomic E-state index is -0.634. The zero-order valence-electron chi connectivity index (χ0n) is 7.99. The van der Waals surface area contributed by atoms with Gasteiger partial charge in [0.05, 0.1) is 6.61 Å². The van der Waals surface area contributed by atoms with Crippen LogP contribution in [0.3, 0.4) is 0 Å². The first-order chi connectivity index (χ1) is 6.24. The minimum Gasteiger partial charge on any atom is -0.461 e. The zero-order chi connectivity index (χ0) is 9.68. The summed E-state index contributed by atoms with van der Waals surface area (Å²) in [6, 6.07) is -0.634. The summed E-state index contributed by atoms with van der Waals surface area (Å²) in [4.78, 5) is 11.3. The van der Waals surface area contributed by atoms with Crippen LogP contribution in [0, 0.1) is 0 Å². The average molecular weight is 187 g/mol. The molecule has 13 heavy (non-hydrogen) atoms. The summed E-state index contributed by atoms with van der Waals surface area (Å²) in [5, 5.41) is 0. The molecule has 0 spiro atoms. The summed E-state index contributed by atoms with van der Waals surface area (Å²) >= 11 is 0. The lowest BCUT2D eigenvalue weighted by molar-refractivity contribution is -0.151. The number of carbonyl (C=O) groups excluding carboxylic acids is 1. The van der Waals surface area contributed by atoms with Crippen molar-refractivity contribution < 1.29 is 14.3 Å². The highest BCUT2D eigenvalue weighted by Crippen LogP contribution is 2.21. The van der Waals surface area contributed by atoms with Gasteiger partial charge in [0.2, 0.25) is 0 Å². The van der Waals surface area contributed by atoms with Gasteiger partial charge in [0.1, 0.15) is 12.1 Å². The highest BCUT2D eigenvalue weighted by Gasteiger charge is 2.22. The summed E-state index contributed by atoms with van der Waals surface area (Å²) in [6.45, 7) is 0.228. The minimum absolute atomic E-state index is 0.0930. The van der Waals surface area contributed by atoms with Gasteiger partial charge in [-0.1, -0.05) is 0 Å². The Morgan fingerprint density at radius 3 is 2.69 bits per heavy atom. The van der Waals surface area contributed by atoms with Crippen LogP contribution in [0.15, 0.2) is 0 Å². The molecule has 0 aliphatic heterocycles. The Kier molecular flexibility index (Phi) is 4.18. The smallest absolute Gasteiger partial charge is 0.325 e. The number of esters is 1. The molecule has 1 saturated carbocycles. The van der Waals surface area contributed by atoms with Crippen LogP contribution in [0.5, 0.6) is 0 Å². The molecule has 0 saturated heterocycles. The SMILES string of the molecule is COC[C@H](N)C(=O)OC1CCCC1. The van der Waals surface area contributed by atoms with E-state index in [4.69, 9.17) is 15.2 Å². The van der Waals surface area contributed by atoms with Crippen molar-refractivity contribution >= 4 is 5.97 Å². The molecule has 2 N–H and O–H groups in total. The van der Waals surface area contributed by atoms with Crippen LogP contribution in [-0.4, -0.2) is 31.8 Å². The summed E-state index contributed by atoms with van der Waals surface area (Å²) in [5.74, 6) is -0.339. The molecule has 1 aliphatic carbocycles. The lowest BCUT2D eigenvalue weighted by Crippen LogP contribution is -2.38. The fraction of sp³-hybridized carbons (Fsp3) is 0.889. The molecule has 76 valence electrons. The van der Waals surface area contributed by atoms with Crippen LogP contribution in [0.2, 0.25) is 0 Å². The molecule has 4 nitrogen and oxygen atoms in total. The third-order valence-corrected chi connectivity index (χ3v) is 2.23. The van der Waals surface area contributed by atoms with Gasteiger partial charge in [-0.3, -0.25) is 4.79 Å². The predicted octanol–water partition coefficient (Wildman–Crippen LogP) is 0.446. The molecule has 4 heteroatoms. The molecular formula is C9H17NO3. The largest absolute Gasteiger partial charge is 0.461 e. The van der Waals surface area contributed by atoms with Crippen LogP contribution >= 0.6 is 0 Å². The molecule has 1 fully saturated rings. The fourth-order valence-electron chi connectivity index (χ4n) is 1.51. The molecule has 0 amide bonds. The van der Waals surface area contributed by atoms with Crippen molar-refractivity contribution in [2.24, 2.45) is 5.73 Å². The van der Waals surface area contributed by atoms with E-state index in [1.54, 1.807) is 0 Å². The quantitative estimate of drug-likeness (QED) is 0.649. The van der Waals surface area contributed by atoms with E-state index in [-0.39, 0.29) is 18.7 Å². The number of carbonyl (C=O) groups is 1. The van der Waals surface area contributed by atoms with Gasteiger partial charge in [-0.15, -0.1) is 0 Å². The Bertz CT molecular complexity index is 166. The monoisotopic (exact) mass is 187 g/mol. The maximum atomic E-state index is 11.3. The third kappa shape index (κ3) is 3.32. The maximum absolute atomic E-state index is 11.3. The van der Waals surface area contributed by atoms with E-state index in [1.165, 1.54) is 7.11 Å². The Hall–Kier alpha value is -0.610. The predicted molar refractivity (Wildman–Crippen MR) is 48.2 cm³/mol. The first kappa shape index (κ1) is 10.5. The lowest BCUT2D eigenvalue weighted by atomic mass is 10.3. The Balaban J connectivity index is 2.22. The van der Waals surface area contributed by atoms with E-state index in [1.807, 2.05) is 0 Å². The molecule has 0 heterocycles. The van der Waals surface area contributed by atoms with Gasteiger partial charge in [-0.2, -0.15) is 0 Å². The van der Waals surface area contributed by atoms with Crippen molar-refractivity contribution in [3.63, 3.8) is 0 Å². The van der Waals surface area contributed by atoms with Crippen LogP contribution < -0.4 is 5.73 Å². The molecule has 0 aromatic rings. The van der Waals surface area contributed by atoms with E-state index in [0.29, 0.717) is 0 Å². The third-order valence-electron chi connectivity index (χ3n) is 2.23. The van der Waals surface area contributed by atoms with E-state index < -0.39 is 6.04 Å². The van der Waals surface area contributed by atoms with Crippen LogP contribution in [0.4, 0.5) is 0 Å². The fourth-order valence-corrected chi connectivity index (χ4v) is 1.51. The Morgan fingerprint density at radius 2 is 2.15 bits per heavy atom. The van der Waals surface area contributed by atoms with Crippen molar-refractivity contribution in [3.8, 4) is 0 Å². The van der Waals surface area contributed by atoms with Gasteiger partial charge in [0, 0.05) is 7.11 Å². The Morgan fingerprint density at radius 1 is 1.54 bits per heavy atom. The molecule has 1 rings (SSSR count). The van der Waals surface area contributed by atoms with Crippen molar-refractivity contribution in [2.45, 2.75) is 37.8 Å². The molecule has 0 unspecified atom stereocenters. The molecule has 0 aromatic carbocycles. The van der Waals surface area contributed by atoms with E-state index >= 15 is 0 Å². The van der Waals surface area contributed by atoms with Gasteiger partial charge in [0.15, 0.2) is 0 Å². The van der Waals surface area contributed by atoms with Crippen molar-refractivity contribution in [1.29, 1.82) is 0 Å². The number of nitrogens with two attached hydrogens (primary N) is 1. The summed E-state index contributed by atoms with van der Waals surface area (Å²) in [6.07, 6.45) is 4.35. The number of ether oxygens (including phenoxy) is 2. The molecular weight excluding hydrogens is 170 g/mol. The van der Waals surface area contributed by atoms with Crippen molar-refractivity contribution in [1.82, 2.24) is 0 Å². The van der Waals surface area contributed by atoms with Gasteiger partial charge in [-0.05, 0) is 25.7 Å². The second-order valence-corrected chi connectivity index (χ2v) is 3.41. The number of hydrogen-bond acceptors (Lipinski definition) is 4. The number of methoxy groups -OCH3 is 1. The van der Waals surface area contributed by atoms with Gasteiger partial charge < -0.3 is 15.2 Å². The van der Waals surface area contributed by atoms with Crippen molar-refractivity contribution in [2.75, 3.05) is 13.7 Å². The second-order valence-electron chi connectivity index (χ2n) is 3.41. The van der Waals surface area contributed by atoms with E-state index in [0.717, 1.165) is 25.7 Å². The van der Waals surface area contributed by atoms with Gasteiger partial charge in [-0.25, -0.2) is 0 Å². The van der Waals surface area contributed by atoms with Crippen LogP contribution in [-0.2, 0) is 14.3 Å². The van der Waals surface area contributed by atoms with Gasteiger partial charge >= 0.3 is 5.97 Å². The number of rotatable bonds is 4. The first-order valence-electron chi connectivity index (χ1n) is 4.69. The molecule has 0 aromatic heterocycles. The second kappa shape index (κ2) is 5.19. The normalized spacial score (nSPS) is 20.2. The summed E-state index contributed by atoms with van der Waals surface area (Å²) in [5.41, 5.74) is 5.51. The molecule has 0 radical (unpaired) electrons. The molecule has 0 bridgehead atoms. The lowest BCUT2D eigenvalue weighted by Gasteiger charge is -2.14. The zero-order valence-corrected chi connectivity index (χ0v) is 7.99. The highest BCUT2D eigenvalue weighted by molar-refractivity contribution is 5.75. The van der Waals surface area contributed by atoms with Crippen LogP contribution in [0.1, 0.15) is 25.7 Å². The van der Waals surface area contributed by atoms with Crippen molar-refractivity contribution in [3.05, 3.63) is 0 Å². The van der Waals surface area contributed by atoms with E-state index in [9.17, 15) is 4.79 Å².